The molecule has 31 heavy (non-hydrogen) atoms. The maximum absolute atomic E-state index is 12.5. The van der Waals surface area contributed by atoms with Crippen LogP contribution in [0.25, 0.3) is 11.3 Å². The molecule has 0 spiro atoms. The number of nitrogens with zero attached hydrogens (tertiary/aromatic N) is 2. The number of aromatic amines is 1. The van der Waals surface area contributed by atoms with Crippen molar-refractivity contribution in [2.75, 3.05) is 26.4 Å². The summed E-state index contributed by atoms with van der Waals surface area (Å²) in [6, 6.07) is 9.61. The lowest BCUT2D eigenvalue weighted by Gasteiger charge is -2.41. The number of carbonyl (C=O) groups excluding carboxylic acids is 2. The Morgan fingerprint density at radius 3 is 2.74 bits per heavy atom. The predicted octanol–water partition coefficient (Wildman–Crippen LogP) is 2.33. The zero-order chi connectivity index (χ0) is 21.8. The number of morpholine rings is 1. The summed E-state index contributed by atoms with van der Waals surface area (Å²) in [5, 5.41) is 11.2. The van der Waals surface area contributed by atoms with E-state index in [0.29, 0.717) is 49.6 Å². The molecule has 2 aromatic rings. The van der Waals surface area contributed by atoms with Gasteiger partial charge in [0, 0.05) is 24.6 Å². The SMILES string of the molecule is CCOC(=O)c1[nH]c(CC2(O)CCC(N3CCOCC3=O)CC2)nc1-c1ccccc1. The van der Waals surface area contributed by atoms with Gasteiger partial charge in [0.2, 0.25) is 5.91 Å². The highest BCUT2D eigenvalue weighted by molar-refractivity contribution is 5.94. The van der Waals surface area contributed by atoms with Gasteiger partial charge in [-0.2, -0.15) is 0 Å². The zero-order valence-corrected chi connectivity index (χ0v) is 17.8. The first kappa shape index (κ1) is 21.5. The fraction of sp³-hybridized carbons (Fsp3) is 0.522. The molecule has 1 aromatic heterocycles. The number of hydrogen-bond donors (Lipinski definition) is 2. The summed E-state index contributed by atoms with van der Waals surface area (Å²) in [6.07, 6.45) is 2.92. The molecular weight excluding hydrogens is 398 g/mol. The van der Waals surface area contributed by atoms with Crippen LogP contribution in [0.4, 0.5) is 0 Å². The second-order valence-electron chi connectivity index (χ2n) is 8.27. The Hall–Kier alpha value is -2.71. The smallest absolute Gasteiger partial charge is 0.357 e. The topological polar surface area (TPSA) is 105 Å². The zero-order valence-electron chi connectivity index (χ0n) is 17.8. The van der Waals surface area contributed by atoms with Gasteiger partial charge < -0.3 is 24.5 Å². The van der Waals surface area contributed by atoms with Crippen molar-refractivity contribution in [2.24, 2.45) is 0 Å². The normalized spacial score (nSPS) is 24.3. The highest BCUT2D eigenvalue weighted by Gasteiger charge is 2.38. The van der Waals surface area contributed by atoms with Crippen molar-refractivity contribution in [3.05, 3.63) is 41.9 Å². The van der Waals surface area contributed by atoms with Crippen molar-refractivity contribution >= 4 is 11.9 Å². The summed E-state index contributed by atoms with van der Waals surface area (Å²) < 4.78 is 10.4. The van der Waals surface area contributed by atoms with E-state index >= 15 is 0 Å². The number of esters is 1. The van der Waals surface area contributed by atoms with Crippen LogP contribution in [-0.4, -0.2) is 69.9 Å². The van der Waals surface area contributed by atoms with Gasteiger partial charge in [-0.1, -0.05) is 30.3 Å². The minimum Gasteiger partial charge on any atom is -0.461 e. The molecule has 0 atom stereocenters. The number of carbonyl (C=O) groups is 2. The molecule has 1 aliphatic carbocycles. The van der Waals surface area contributed by atoms with Crippen molar-refractivity contribution in [3.8, 4) is 11.3 Å². The van der Waals surface area contributed by atoms with Gasteiger partial charge in [-0.3, -0.25) is 4.79 Å². The molecule has 2 aliphatic rings. The highest BCUT2D eigenvalue weighted by Crippen LogP contribution is 2.34. The van der Waals surface area contributed by atoms with Crippen LogP contribution in [0.3, 0.4) is 0 Å². The van der Waals surface area contributed by atoms with Crippen LogP contribution in [0.2, 0.25) is 0 Å². The lowest BCUT2D eigenvalue weighted by Crippen LogP contribution is -2.51. The Balaban J connectivity index is 1.49. The number of rotatable bonds is 6. The Kier molecular flexibility index (Phi) is 6.38. The fourth-order valence-corrected chi connectivity index (χ4v) is 4.52. The van der Waals surface area contributed by atoms with Crippen molar-refractivity contribution in [2.45, 2.75) is 50.7 Å². The number of benzene rings is 1. The minimum atomic E-state index is -0.927. The lowest BCUT2D eigenvalue weighted by molar-refractivity contribution is -0.148. The first-order chi connectivity index (χ1) is 15.0. The van der Waals surface area contributed by atoms with Crippen molar-refractivity contribution in [3.63, 3.8) is 0 Å². The number of nitrogens with one attached hydrogen (secondary N) is 1. The van der Waals surface area contributed by atoms with Gasteiger partial charge in [-0.15, -0.1) is 0 Å². The van der Waals surface area contributed by atoms with Gasteiger partial charge in [-0.05, 0) is 32.6 Å². The molecule has 4 rings (SSSR count). The molecule has 1 saturated heterocycles. The number of aromatic nitrogens is 2. The summed E-state index contributed by atoms with van der Waals surface area (Å²) in [6.45, 7) is 3.36. The third-order valence-corrected chi connectivity index (χ3v) is 6.13. The van der Waals surface area contributed by atoms with E-state index in [-0.39, 0.29) is 25.2 Å². The van der Waals surface area contributed by atoms with Crippen LogP contribution in [0.5, 0.6) is 0 Å². The molecule has 1 aliphatic heterocycles. The molecule has 2 N–H and O–H groups in total. The van der Waals surface area contributed by atoms with Crippen LogP contribution in [0.1, 0.15) is 48.9 Å². The first-order valence-corrected chi connectivity index (χ1v) is 10.9. The van der Waals surface area contributed by atoms with E-state index in [1.54, 1.807) is 6.92 Å². The molecule has 0 radical (unpaired) electrons. The summed E-state index contributed by atoms with van der Waals surface area (Å²) in [7, 11) is 0. The first-order valence-electron chi connectivity index (χ1n) is 10.9. The number of hydrogen-bond acceptors (Lipinski definition) is 6. The van der Waals surface area contributed by atoms with Gasteiger partial charge in [0.05, 0.1) is 18.8 Å². The molecule has 8 heteroatoms. The maximum atomic E-state index is 12.5. The van der Waals surface area contributed by atoms with E-state index in [2.05, 4.69) is 9.97 Å². The quantitative estimate of drug-likeness (QED) is 0.686. The molecular formula is C23H29N3O5. The van der Waals surface area contributed by atoms with Gasteiger partial charge >= 0.3 is 5.97 Å². The van der Waals surface area contributed by atoms with E-state index in [0.717, 1.165) is 18.4 Å². The van der Waals surface area contributed by atoms with Gasteiger partial charge in [0.15, 0.2) is 5.69 Å². The molecule has 0 unspecified atom stereocenters. The van der Waals surface area contributed by atoms with E-state index in [1.807, 2.05) is 35.2 Å². The summed E-state index contributed by atoms with van der Waals surface area (Å²) in [5.74, 6) is 0.131. The Labute approximate surface area is 181 Å². The van der Waals surface area contributed by atoms with Crippen LogP contribution in [-0.2, 0) is 20.7 Å². The Morgan fingerprint density at radius 1 is 1.32 bits per heavy atom. The number of aliphatic hydroxyl groups is 1. The number of imidazole rings is 1. The number of H-pyrrole nitrogens is 1. The Morgan fingerprint density at radius 2 is 2.06 bits per heavy atom. The second-order valence-corrected chi connectivity index (χ2v) is 8.27. The lowest BCUT2D eigenvalue weighted by atomic mass is 9.79. The molecule has 1 amide bonds. The average molecular weight is 428 g/mol. The van der Waals surface area contributed by atoms with E-state index < -0.39 is 11.6 Å². The average Bonchev–Trinajstić information content (AvgIpc) is 3.19. The second kappa shape index (κ2) is 9.20. The minimum absolute atomic E-state index is 0.0271. The van der Waals surface area contributed by atoms with Crippen molar-refractivity contribution in [1.82, 2.24) is 14.9 Å². The third-order valence-electron chi connectivity index (χ3n) is 6.13. The van der Waals surface area contributed by atoms with Gasteiger partial charge in [0.1, 0.15) is 18.1 Å². The van der Waals surface area contributed by atoms with Gasteiger partial charge in [0.25, 0.3) is 0 Å². The van der Waals surface area contributed by atoms with E-state index in [1.165, 1.54) is 0 Å². The fourth-order valence-electron chi connectivity index (χ4n) is 4.52. The molecule has 1 aromatic carbocycles. The van der Waals surface area contributed by atoms with Crippen molar-refractivity contribution in [1.29, 1.82) is 0 Å². The van der Waals surface area contributed by atoms with E-state index in [4.69, 9.17) is 9.47 Å². The monoisotopic (exact) mass is 427 g/mol. The highest BCUT2D eigenvalue weighted by atomic mass is 16.5. The predicted molar refractivity (Wildman–Crippen MR) is 113 cm³/mol. The van der Waals surface area contributed by atoms with Gasteiger partial charge in [-0.25, -0.2) is 9.78 Å². The standard InChI is InChI=1S/C23H29N3O5/c1-2-31-22(28)21-20(16-6-4-3-5-7-16)24-18(25-21)14-23(29)10-8-17(9-11-23)26-12-13-30-15-19(26)27/h3-7,17,29H,2,8-15H2,1H3,(H,24,25). The van der Waals surface area contributed by atoms with Crippen molar-refractivity contribution < 1.29 is 24.2 Å². The molecule has 8 nitrogen and oxygen atoms in total. The molecule has 1 saturated carbocycles. The molecule has 166 valence electrons. The third kappa shape index (κ3) is 4.80. The van der Waals surface area contributed by atoms with Crippen LogP contribution < -0.4 is 0 Å². The van der Waals surface area contributed by atoms with Crippen LogP contribution in [0.15, 0.2) is 30.3 Å². The largest absolute Gasteiger partial charge is 0.461 e. The van der Waals surface area contributed by atoms with Crippen LogP contribution >= 0.6 is 0 Å². The maximum Gasteiger partial charge on any atom is 0.357 e. The number of amides is 1. The summed E-state index contributed by atoms with van der Waals surface area (Å²) >= 11 is 0. The van der Waals surface area contributed by atoms with Crippen LogP contribution in [0, 0.1) is 0 Å². The molecule has 2 heterocycles. The summed E-state index contributed by atoms with van der Waals surface area (Å²) in [4.78, 5) is 34.2. The van der Waals surface area contributed by atoms with E-state index in [9.17, 15) is 14.7 Å². The molecule has 0 bridgehead atoms. The summed E-state index contributed by atoms with van der Waals surface area (Å²) in [5.41, 5.74) is 0.725. The Bertz CT molecular complexity index is 919. The number of ether oxygens (including phenoxy) is 2. The molecule has 2 fully saturated rings.